The van der Waals surface area contributed by atoms with E-state index in [1.807, 2.05) is 12.1 Å². The van der Waals surface area contributed by atoms with Crippen LogP contribution >= 0.6 is 0 Å². The summed E-state index contributed by atoms with van der Waals surface area (Å²) in [5, 5.41) is 2.93. The van der Waals surface area contributed by atoms with Gasteiger partial charge in [-0.25, -0.2) is 0 Å². The first kappa shape index (κ1) is 18.1. The van der Waals surface area contributed by atoms with Gasteiger partial charge >= 0.3 is 0 Å². The molecule has 5 heteroatoms. The Kier molecular flexibility index (Phi) is 5.66. The van der Waals surface area contributed by atoms with Gasteiger partial charge in [-0.2, -0.15) is 0 Å². The molecule has 0 aliphatic carbocycles. The van der Waals surface area contributed by atoms with Crippen LogP contribution in [0.4, 0.5) is 11.4 Å². The van der Waals surface area contributed by atoms with E-state index >= 15 is 0 Å². The quantitative estimate of drug-likeness (QED) is 0.868. The Labute approximate surface area is 154 Å². The van der Waals surface area contributed by atoms with Crippen molar-refractivity contribution >= 4 is 17.3 Å². The Morgan fingerprint density at radius 2 is 1.69 bits per heavy atom. The molecule has 5 nitrogen and oxygen atoms in total. The molecule has 26 heavy (non-hydrogen) atoms. The molecule has 3 rings (SSSR count). The molecule has 138 valence electrons. The number of benzene rings is 2. The Hall–Kier alpha value is -2.69. The third-order valence-corrected chi connectivity index (χ3v) is 4.87. The summed E-state index contributed by atoms with van der Waals surface area (Å²) in [6, 6.07) is 13.7. The fourth-order valence-corrected chi connectivity index (χ4v) is 3.36. The molecule has 2 aromatic rings. The number of amides is 1. The summed E-state index contributed by atoms with van der Waals surface area (Å²) in [4.78, 5) is 15.0. The van der Waals surface area contributed by atoms with Crippen LogP contribution in [0.5, 0.6) is 11.5 Å². The van der Waals surface area contributed by atoms with Crippen LogP contribution in [0.3, 0.4) is 0 Å². The number of nitrogens with one attached hydrogen (secondary N) is 1. The van der Waals surface area contributed by atoms with Gasteiger partial charge in [0.05, 0.1) is 14.2 Å². The van der Waals surface area contributed by atoms with E-state index in [4.69, 9.17) is 9.47 Å². The van der Waals surface area contributed by atoms with Crippen molar-refractivity contribution in [2.75, 3.05) is 31.0 Å². The average Bonchev–Trinajstić information content (AvgIpc) is 2.68. The summed E-state index contributed by atoms with van der Waals surface area (Å²) in [5.74, 6) is 0.981. The van der Waals surface area contributed by atoms with Crippen LogP contribution in [0.2, 0.25) is 0 Å². The molecule has 0 radical (unpaired) electrons. The SMILES string of the molecule is COc1cc(OC)cc(C(=O)Nc2ccc(N3CCCCC3C)cc2)c1. The van der Waals surface area contributed by atoms with Crippen molar-refractivity contribution in [2.45, 2.75) is 32.2 Å². The molecule has 1 N–H and O–H groups in total. The van der Waals surface area contributed by atoms with Crippen molar-refractivity contribution in [2.24, 2.45) is 0 Å². The lowest BCUT2D eigenvalue weighted by Gasteiger charge is -2.35. The van der Waals surface area contributed by atoms with Crippen LogP contribution in [-0.2, 0) is 0 Å². The van der Waals surface area contributed by atoms with Crippen molar-refractivity contribution in [1.82, 2.24) is 0 Å². The highest BCUT2D eigenvalue weighted by Crippen LogP contribution is 2.27. The maximum atomic E-state index is 12.6. The molecule has 1 fully saturated rings. The Morgan fingerprint density at radius 1 is 1.04 bits per heavy atom. The smallest absolute Gasteiger partial charge is 0.255 e. The second-order valence-corrected chi connectivity index (χ2v) is 6.64. The third kappa shape index (κ3) is 4.10. The van der Waals surface area contributed by atoms with Gasteiger partial charge in [-0.05, 0) is 62.6 Å². The van der Waals surface area contributed by atoms with Gasteiger partial charge in [0.2, 0.25) is 0 Å². The van der Waals surface area contributed by atoms with Crippen molar-refractivity contribution in [3.05, 3.63) is 48.0 Å². The third-order valence-electron chi connectivity index (χ3n) is 4.87. The standard InChI is InChI=1S/C21H26N2O3/c1-15-6-4-5-11-23(15)18-9-7-17(8-10-18)22-21(24)16-12-19(25-2)14-20(13-16)26-3/h7-10,12-15H,4-6,11H2,1-3H3,(H,22,24). The predicted molar refractivity (Wildman–Crippen MR) is 105 cm³/mol. The van der Waals surface area contributed by atoms with Gasteiger partial charge in [0, 0.05) is 35.6 Å². The Bertz CT molecular complexity index is 736. The average molecular weight is 354 g/mol. The molecular formula is C21H26N2O3. The first-order valence-corrected chi connectivity index (χ1v) is 9.02. The van der Waals surface area contributed by atoms with Gasteiger partial charge in [-0.15, -0.1) is 0 Å². The number of rotatable bonds is 5. The predicted octanol–water partition coefficient (Wildman–Crippen LogP) is 4.33. The number of methoxy groups -OCH3 is 2. The minimum absolute atomic E-state index is 0.193. The van der Waals surface area contributed by atoms with E-state index in [2.05, 4.69) is 29.3 Å². The fourth-order valence-electron chi connectivity index (χ4n) is 3.36. The van der Waals surface area contributed by atoms with Gasteiger partial charge in [0.25, 0.3) is 5.91 Å². The maximum absolute atomic E-state index is 12.6. The molecule has 0 bridgehead atoms. The first-order valence-electron chi connectivity index (χ1n) is 9.02. The molecule has 1 heterocycles. The zero-order chi connectivity index (χ0) is 18.5. The van der Waals surface area contributed by atoms with Crippen molar-refractivity contribution in [1.29, 1.82) is 0 Å². The molecular weight excluding hydrogens is 328 g/mol. The summed E-state index contributed by atoms with van der Waals surface area (Å²) < 4.78 is 10.5. The lowest BCUT2D eigenvalue weighted by atomic mass is 10.0. The molecule has 0 spiro atoms. The highest BCUT2D eigenvalue weighted by molar-refractivity contribution is 6.04. The van der Waals surface area contributed by atoms with Gasteiger partial charge < -0.3 is 19.7 Å². The molecule has 1 aliphatic rings. The number of hydrogen-bond acceptors (Lipinski definition) is 4. The molecule has 0 saturated carbocycles. The van der Waals surface area contributed by atoms with E-state index in [9.17, 15) is 4.79 Å². The van der Waals surface area contributed by atoms with Crippen LogP contribution in [0.25, 0.3) is 0 Å². The molecule has 0 aromatic heterocycles. The number of anilines is 2. The van der Waals surface area contributed by atoms with E-state index in [1.54, 1.807) is 32.4 Å². The van der Waals surface area contributed by atoms with Gasteiger partial charge in [-0.3, -0.25) is 4.79 Å². The van der Waals surface area contributed by atoms with Crippen LogP contribution < -0.4 is 19.7 Å². The summed E-state index contributed by atoms with van der Waals surface area (Å²) in [6.07, 6.45) is 3.77. The van der Waals surface area contributed by atoms with Crippen LogP contribution in [0, 0.1) is 0 Å². The van der Waals surface area contributed by atoms with E-state index in [0.29, 0.717) is 23.1 Å². The molecule has 1 aliphatic heterocycles. The number of ether oxygens (including phenoxy) is 2. The van der Waals surface area contributed by atoms with E-state index < -0.39 is 0 Å². The molecule has 1 saturated heterocycles. The second kappa shape index (κ2) is 8.13. The minimum atomic E-state index is -0.193. The van der Waals surface area contributed by atoms with Crippen molar-refractivity contribution in [3.8, 4) is 11.5 Å². The minimum Gasteiger partial charge on any atom is -0.497 e. The van der Waals surface area contributed by atoms with Crippen LogP contribution in [0.1, 0.15) is 36.5 Å². The summed E-state index contributed by atoms with van der Waals surface area (Å²) in [5.41, 5.74) is 2.47. The Morgan fingerprint density at radius 3 is 2.27 bits per heavy atom. The summed E-state index contributed by atoms with van der Waals surface area (Å²) in [6.45, 7) is 3.36. The number of carbonyl (C=O) groups excluding carboxylic acids is 1. The van der Waals surface area contributed by atoms with E-state index in [1.165, 1.54) is 24.9 Å². The first-order chi connectivity index (χ1) is 12.6. The highest BCUT2D eigenvalue weighted by atomic mass is 16.5. The summed E-state index contributed by atoms with van der Waals surface area (Å²) in [7, 11) is 3.13. The zero-order valence-electron chi connectivity index (χ0n) is 15.6. The normalized spacial score (nSPS) is 16.9. The van der Waals surface area contributed by atoms with E-state index in [-0.39, 0.29) is 5.91 Å². The lowest BCUT2D eigenvalue weighted by Crippen LogP contribution is -2.37. The number of hydrogen-bond donors (Lipinski definition) is 1. The largest absolute Gasteiger partial charge is 0.497 e. The molecule has 2 aromatic carbocycles. The van der Waals surface area contributed by atoms with Gasteiger partial charge in [-0.1, -0.05) is 0 Å². The monoisotopic (exact) mass is 354 g/mol. The lowest BCUT2D eigenvalue weighted by molar-refractivity contribution is 0.102. The maximum Gasteiger partial charge on any atom is 0.255 e. The molecule has 1 unspecified atom stereocenters. The van der Waals surface area contributed by atoms with Gasteiger partial charge in [0.1, 0.15) is 11.5 Å². The molecule has 1 amide bonds. The van der Waals surface area contributed by atoms with E-state index in [0.717, 1.165) is 12.2 Å². The number of piperidine rings is 1. The summed E-state index contributed by atoms with van der Waals surface area (Å²) >= 11 is 0. The topological polar surface area (TPSA) is 50.8 Å². The second-order valence-electron chi connectivity index (χ2n) is 6.64. The molecule has 1 atom stereocenters. The zero-order valence-corrected chi connectivity index (χ0v) is 15.6. The van der Waals surface area contributed by atoms with Crippen molar-refractivity contribution in [3.63, 3.8) is 0 Å². The van der Waals surface area contributed by atoms with Crippen LogP contribution in [-0.4, -0.2) is 32.7 Å². The fraction of sp³-hybridized carbons (Fsp3) is 0.381. The number of carbonyl (C=O) groups is 1. The number of nitrogens with zero attached hydrogens (tertiary/aromatic N) is 1. The van der Waals surface area contributed by atoms with Crippen LogP contribution in [0.15, 0.2) is 42.5 Å². The Balaban J connectivity index is 1.72. The van der Waals surface area contributed by atoms with Crippen molar-refractivity contribution < 1.29 is 14.3 Å². The van der Waals surface area contributed by atoms with Gasteiger partial charge in [0.15, 0.2) is 0 Å². The highest BCUT2D eigenvalue weighted by Gasteiger charge is 2.18.